The van der Waals surface area contributed by atoms with Gasteiger partial charge in [-0.2, -0.15) is 0 Å². The van der Waals surface area contributed by atoms with Crippen LogP contribution >= 0.6 is 0 Å². The van der Waals surface area contributed by atoms with Gasteiger partial charge in [0.05, 0.1) is 0 Å². The zero-order valence-electron chi connectivity index (χ0n) is 43.1. The fourth-order valence-corrected chi connectivity index (χ4v) is 9.33. The van der Waals surface area contributed by atoms with Gasteiger partial charge in [-0.3, -0.25) is 4.79 Å². The van der Waals surface area contributed by atoms with Crippen molar-refractivity contribution in [3.05, 3.63) is 0 Å². The Morgan fingerprint density at radius 1 is 0.323 bits per heavy atom. The number of nitrogens with zero attached hydrogens (tertiary/aromatic N) is 1. The Morgan fingerprint density at radius 2 is 0.548 bits per heavy atom. The minimum absolute atomic E-state index is 0.325. The summed E-state index contributed by atoms with van der Waals surface area (Å²) in [6.07, 6.45) is 67.4. The van der Waals surface area contributed by atoms with Crippen LogP contribution < -0.4 is 16.4 Å². The smallest absolute Gasteiger partial charge is 0.222 e. The van der Waals surface area contributed by atoms with E-state index in [1.165, 1.54) is 283 Å². The fourth-order valence-electron chi connectivity index (χ4n) is 9.33. The molecule has 4 N–H and O–H groups in total. The van der Waals surface area contributed by atoms with E-state index in [-0.39, 0.29) is 0 Å². The van der Waals surface area contributed by atoms with Gasteiger partial charge < -0.3 is 21.3 Å². The molecular formula is C57H118N4O. The van der Waals surface area contributed by atoms with Gasteiger partial charge in [-0.15, -0.1) is 0 Å². The lowest BCUT2D eigenvalue weighted by Gasteiger charge is -2.17. The van der Waals surface area contributed by atoms with Gasteiger partial charge in [0, 0.05) is 20.0 Å². The minimum Gasteiger partial charge on any atom is -0.346 e. The van der Waals surface area contributed by atoms with Crippen LogP contribution in [0.1, 0.15) is 315 Å². The van der Waals surface area contributed by atoms with Crippen LogP contribution in [0.15, 0.2) is 0 Å². The lowest BCUT2D eigenvalue weighted by molar-refractivity contribution is -0.130. The second-order valence-corrected chi connectivity index (χ2v) is 20.1. The molecule has 1 amide bonds. The molecule has 0 aliphatic carbocycles. The Hall–Kier alpha value is -0.650. The molecule has 0 aromatic carbocycles. The number of nitrogens with two attached hydrogens (primary N) is 1. The van der Waals surface area contributed by atoms with Gasteiger partial charge in [-0.25, -0.2) is 0 Å². The monoisotopic (exact) mass is 875 g/mol. The van der Waals surface area contributed by atoms with Crippen LogP contribution in [0.3, 0.4) is 0 Å². The summed E-state index contributed by atoms with van der Waals surface area (Å²) in [4.78, 5) is 14.4. The number of unbranched alkanes of at least 4 members (excludes halogenated alkanes) is 43. The third kappa shape index (κ3) is 53.7. The Morgan fingerprint density at radius 3 is 0.806 bits per heavy atom. The average Bonchev–Trinajstić information content (AvgIpc) is 3.28. The van der Waals surface area contributed by atoms with E-state index in [1.807, 2.05) is 11.9 Å². The maximum Gasteiger partial charge on any atom is 0.222 e. The molecule has 0 aliphatic rings. The summed E-state index contributed by atoms with van der Waals surface area (Å²) in [5.41, 5.74) is 5.51. The van der Waals surface area contributed by atoms with Crippen LogP contribution in [0.2, 0.25) is 0 Å². The zero-order valence-corrected chi connectivity index (χ0v) is 43.1. The summed E-state index contributed by atoms with van der Waals surface area (Å²) in [7, 11) is 1.97. The Kier molecular flexibility index (Phi) is 55.9. The first-order valence-electron chi connectivity index (χ1n) is 29.1. The highest BCUT2D eigenvalue weighted by Crippen LogP contribution is 2.18. The molecule has 0 aromatic heterocycles. The van der Waals surface area contributed by atoms with Crippen molar-refractivity contribution in [3.63, 3.8) is 0 Å². The van der Waals surface area contributed by atoms with Crippen molar-refractivity contribution in [1.82, 2.24) is 15.5 Å². The van der Waals surface area contributed by atoms with E-state index in [0.717, 1.165) is 65.0 Å². The fraction of sp³-hybridized carbons (Fsp3) is 0.982. The largest absolute Gasteiger partial charge is 0.346 e. The number of carbonyl (C=O) groups is 1. The summed E-state index contributed by atoms with van der Waals surface area (Å²) in [5.74, 6) is 0.325. The molecule has 5 nitrogen and oxygen atoms in total. The van der Waals surface area contributed by atoms with Crippen LogP contribution in [-0.2, 0) is 4.79 Å². The normalized spacial score (nSPS) is 11.6. The molecule has 0 radical (unpaired) electrons. The number of nitrogens with one attached hydrogen (secondary N) is 2. The molecule has 0 saturated heterocycles. The Labute approximate surface area is 392 Å². The van der Waals surface area contributed by atoms with Crippen LogP contribution in [-0.4, -0.2) is 57.1 Å². The van der Waals surface area contributed by atoms with Gasteiger partial charge in [0.15, 0.2) is 0 Å². The third-order valence-electron chi connectivity index (χ3n) is 13.8. The van der Waals surface area contributed by atoms with Crippen molar-refractivity contribution < 1.29 is 4.79 Å². The van der Waals surface area contributed by atoms with Crippen molar-refractivity contribution in [3.8, 4) is 0 Å². The van der Waals surface area contributed by atoms with Gasteiger partial charge in [-0.05, 0) is 64.8 Å². The molecule has 0 aliphatic heterocycles. The standard InChI is InChI=1S/C57H118N4O/c1-3-4-5-6-7-8-9-10-11-12-13-14-15-16-17-18-19-20-21-22-23-24-25-26-27-28-29-30-31-32-33-34-35-36-37-38-39-40-41-42-43-44-45-50-57(62)61(2)56-49-55-60-53-47-46-52-59-54-48-51-58/h59-60H,3-56,58H2,1-2H3. The number of rotatable bonds is 56. The number of carbonyl (C=O) groups excluding carboxylic acids is 1. The molecule has 0 bridgehead atoms. The summed E-state index contributed by atoms with van der Waals surface area (Å²) >= 11 is 0. The molecule has 0 saturated carbocycles. The molecule has 0 atom stereocenters. The van der Waals surface area contributed by atoms with Gasteiger partial charge in [0.2, 0.25) is 5.91 Å². The van der Waals surface area contributed by atoms with Crippen LogP contribution in [0.5, 0.6) is 0 Å². The average molecular weight is 876 g/mol. The lowest BCUT2D eigenvalue weighted by Crippen LogP contribution is -2.30. The molecule has 62 heavy (non-hydrogen) atoms. The van der Waals surface area contributed by atoms with E-state index in [1.54, 1.807) is 0 Å². The summed E-state index contributed by atoms with van der Waals surface area (Å²) < 4.78 is 0. The molecule has 5 heteroatoms. The minimum atomic E-state index is 0.325. The highest BCUT2D eigenvalue weighted by molar-refractivity contribution is 5.75. The van der Waals surface area contributed by atoms with Crippen molar-refractivity contribution in [2.75, 3.05) is 46.3 Å². The topological polar surface area (TPSA) is 70.4 Å². The van der Waals surface area contributed by atoms with Crippen LogP contribution in [0.4, 0.5) is 0 Å². The predicted octanol–water partition coefficient (Wildman–Crippen LogP) is 17.3. The quantitative estimate of drug-likeness (QED) is 0.0533. The van der Waals surface area contributed by atoms with E-state index >= 15 is 0 Å². The van der Waals surface area contributed by atoms with Gasteiger partial charge in [0.1, 0.15) is 0 Å². The second-order valence-electron chi connectivity index (χ2n) is 20.1. The summed E-state index contributed by atoms with van der Waals surface area (Å²) in [6, 6.07) is 0. The number of hydrogen-bond acceptors (Lipinski definition) is 4. The van der Waals surface area contributed by atoms with Gasteiger partial charge >= 0.3 is 0 Å². The highest BCUT2D eigenvalue weighted by atomic mass is 16.2. The van der Waals surface area contributed by atoms with E-state index in [2.05, 4.69) is 17.6 Å². The molecule has 372 valence electrons. The first-order chi connectivity index (χ1) is 30.7. The Balaban J connectivity index is 3.16. The maximum atomic E-state index is 12.4. The molecule has 0 fully saturated rings. The Bertz CT molecular complexity index is 808. The zero-order chi connectivity index (χ0) is 44.8. The van der Waals surface area contributed by atoms with Crippen molar-refractivity contribution in [2.24, 2.45) is 5.73 Å². The van der Waals surface area contributed by atoms with Gasteiger partial charge in [-0.1, -0.05) is 277 Å². The summed E-state index contributed by atoms with van der Waals surface area (Å²) in [5, 5.41) is 6.95. The first-order valence-corrected chi connectivity index (χ1v) is 29.1. The SMILES string of the molecule is CCCCCCCCCCCCCCCCCCCCCCCCCCCCCCCCCCCCCCCCCCCCCC(=O)N(C)CCCNCCCCNCCCN. The van der Waals surface area contributed by atoms with Crippen molar-refractivity contribution in [1.29, 1.82) is 0 Å². The second kappa shape index (κ2) is 56.5. The van der Waals surface area contributed by atoms with E-state index in [4.69, 9.17) is 5.73 Å². The molecular weight excluding hydrogens is 757 g/mol. The molecule has 0 spiro atoms. The summed E-state index contributed by atoms with van der Waals surface area (Å²) in [6.45, 7) is 8.12. The van der Waals surface area contributed by atoms with Crippen LogP contribution in [0.25, 0.3) is 0 Å². The predicted molar refractivity (Wildman–Crippen MR) is 280 cm³/mol. The lowest BCUT2D eigenvalue weighted by atomic mass is 10.0. The molecule has 0 unspecified atom stereocenters. The number of hydrogen-bond donors (Lipinski definition) is 3. The van der Waals surface area contributed by atoms with Gasteiger partial charge in [0.25, 0.3) is 0 Å². The molecule has 0 aromatic rings. The highest BCUT2D eigenvalue weighted by Gasteiger charge is 2.08. The van der Waals surface area contributed by atoms with Crippen molar-refractivity contribution >= 4 is 5.91 Å². The molecule has 0 heterocycles. The van der Waals surface area contributed by atoms with E-state index in [0.29, 0.717) is 5.91 Å². The maximum absolute atomic E-state index is 12.4. The number of amides is 1. The van der Waals surface area contributed by atoms with Crippen LogP contribution in [0, 0.1) is 0 Å². The van der Waals surface area contributed by atoms with E-state index < -0.39 is 0 Å². The van der Waals surface area contributed by atoms with E-state index in [9.17, 15) is 4.79 Å². The third-order valence-corrected chi connectivity index (χ3v) is 13.8. The molecule has 0 rings (SSSR count). The first kappa shape index (κ1) is 61.4. The van der Waals surface area contributed by atoms with Crippen molar-refractivity contribution in [2.45, 2.75) is 315 Å².